The first-order valence-corrected chi connectivity index (χ1v) is 9.36. The van der Waals surface area contributed by atoms with Gasteiger partial charge in [0.05, 0.1) is 0 Å². The molecule has 0 fully saturated rings. The van der Waals surface area contributed by atoms with E-state index in [0.717, 1.165) is 0 Å². The van der Waals surface area contributed by atoms with Gasteiger partial charge in [-0.2, -0.15) is 43.2 Å². The highest BCUT2D eigenvalue weighted by molar-refractivity contribution is 7.88. The van der Waals surface area contributed by atoms with Gasteiger partial charge in [0.1, 0.15) is 12.2 Å². The third-order valence-corrected chi connectivity index (χ3v) is 4.90. The van der Waals surface area contributed by atoms with E-state index in [1.807, 2.05) is 0 Å². The predicted octanol–water partition coefficient (Wildman–Crippen LogP) is 3.06. The highest BCUT2D eigenvalue weighted by Crippen LogP contribution is 2.31. The summed E-state index contributed by atoms with van der Waals surface area (Å²) in [5.41, 5.74) is -11.6. The minimum absolute atomic E-state index is 0.0916. The zero-order valence-electron chi connectivity index (χ0n) is 12.5. The van der Waals surface area contributed by atoms with Gasteiger partial charge in [-0.3, -0.25) is 8.37 Å². The average Bonchev–Trinajstić information content (AvgIpc) is 2.34. The summed E-state index contributed by atoms with van der Waals surface area (Å²) in [6, 6.07) is 0. The third-order valence-electron chi connectivity index (χ3n) is 2.71. The van der Waals surface area contributed by atoms with Crippen molar-refractivity contribution >= 4 is 20.2 Å². The van der Waals surface area contributed by atoms with E-state index in [0.29, 0.717) is 19.8 Å². The van der Waals surface area contributed by atoms with Crippen LogP contribution in [0.4, 0.5) is 26.3 Å². The van der Waals surface area contributed by atoms with Crippen molar-refractivity contribution < 1.29 is 51.5 Å². The van der Waals surface area contributed by atoms with Gasteiger partial charge in [-0.15, -0.1) is 0 Å². The fraction of sp³-hybridized carbons (Fsp3) is 1.00. The first-order valence-electron chi connectivity index (χ1n) is 6.54. The lowest BCUT2D eigenvalue weighted by Crippen LogP contribution is -2.39. The van der Waals surface area contributed by atoms with Gasteiger partial charge in [-0.1, -0.05) is 26.2 Å². The second-order valence-corrected chi connectivity index (χ2v) is 7.86. The van der Waals surface area contributed by atoms with E-state index in [4.69, 9.17) is 0 Å². The van der Waals surface area contributed by atoms with E-state index in [-0.39, 0.29) is 6.42 Å². The highest BCUT2D eigenvalue weighted by atomic mass is 32.2. The maximum Gasteiger partial charge on any atom is 0.523 e. The lowest BCUT2D eigenvalue weighted by molar-refractivity contribution is -0.0698. The van der Waals surface area contributed by atoms with E-state index in [9.17, 15) is 43.2 Å². The van der Waals surface area contributed by atoms with E-state index in [2.05, 4.69) is 8.37 Å². The fourth-order valence-electron chi connectivity index (χ4n) is 1.49. The number of rotatable bonds is 9. The zero-order chi connectivity index (χ0) is 19.4. The lowest BCUT2D eigenvalue weighted by atomic mass is 10.1. The Kier molecular flexibility index (Phi) is 7.98. The summed E-state index contributed by atoms with van der Waals surface area (Å²) in [4.78, 5) is 0. The first-order chi connectivity index (χ1) is 10.5. The van der Waals surface area contributed by atoms with E-state index < -0.39 is 49.9 Å². The molecular formula is C10H16F6O6S2. The Labute approximate surface area is 135 Å². The van der Waals surface area contributed by atoms with Crippen molar-refractivity contribution in [3.63, 3.8) is 0 Å². The van der Waals surface area contributed by atoms with Crippen molar-refractivity contribution in [2.24, 2.45) is 0 Å². The van der Waals surface area contributed by atoms with Crippen LogP contribution in [-0.4, -0.2) is 40.1 Å². The van der Waals surface area contributed by atoms with Crippen molar-refractivity contribution in [2.75, 3.05) is 0 Å². The monoisotopic (exact) mass is 410 g/mol. The normalized spacial score (nSPS) is 16.8. The second-order valence-electron chi connectivity index (χ2n) is 4.73. The molecule has 0 aliphatic heterocycles. The Hall–Kier alpha value is -0.600. The van der Waals surface area contributed by atoms with Crippen LogP contribution < -0.4 is 0 Å². The maximum absolute atomic E-state index is 12.3. The summed E-state index contributed by atoms with van der Waals surface area (Å²) in [6.45, 7) is 2.38. The fourth-order valence-corrected chi connectivity index (χ4v) is 2.81. The van der Waals surface area contributed by atoms with Crippen LogP contribution in [0.2, 0.25) is 0 Å². The number of unbranched alkanes of at least 4 members (excludes halogenated alkanes) is 2. The predicted molar refractivity (Wildman–Crippen MR) is 69.5 cm³/mol. The minimum atomic E-state index is -6.13. The molecular weight excluding hydrogens is 394 g/mol. The van der Waals surface area contributed by atoms with E-state index in [1.165, 1.54) is 0 Å². The number of hydrogen-bond donors (Lipinski definition) is 0. The van der Waals surface area contributed by atoms with Crippen molar-refractivity contribution in [3.8, 4) is 0 Å². The molecule has 0 aliphatic rings. The summed E-state index contributed by atoms with van der Waals surface area (Å²) in [5.74, 6) is 0. The molecule has 0 bridgehead atoms. The van der Waals surface area contributed by atoms with Gasteiger partial charge in [-0.25, -0.2) is 0 Å². The molecule has 0 aromatic rings. The van der Waals surface area contributed by atoms with Crippen molar-refractivity contribution in [3.05, 3.63) is 0 Å². The second kappa shape index (κ2) is 8.19. The molecule has 24 heavy (non-hydrogen) atoms. The molecule has 146 valence electrons. The molecule has 0 heterocycles. The summed E-state index contributed by atoms with van der Waals surface area (Å²) in [6.07, 6.45) is -3.54. The molecule has 0 saturated heterocycles. The van der Waals surface area contributed by atoms with Crippen LogP contribution in [0.25, 0.3) is 0 Å². The molecule has 0 N–H and O–H groups in total. The van der Waals surface area contributed by atoms with Gasteiger partial charge in [0, 0.05) is 0 Å². The number of halogens is 6. The van der Waals surface area contributed by atoms with Crippen LogP contribution >= 0.6 is 0 Å². The van der Waals surface area contributed by atoms with Crippen molar-refractivity contribution in [1.29, 1.82) is 0 Å². The van der Waals surface area contributed by atoms with Crippen LogP contribution in [0.5, 0.6) is 0 Å². The molecule has 2 unspecified atom stereocenters. The third kappa shape index (κ3) is 6.72. The topological polar surface area (TPSA) is 86.7 Å². The summed E-state index contributed by atoms with van der Waals surface area (Å²) in [5, 5.41) is 0. The van der Waals surface area contributed by atoms with Crippen LogP contribution in [-0.2, 0) is 28.6 Å². The Morgan fingerprint density at radius 3 is 1.62 bits per heavy atom. The Balaban J connectivity index is 5.35. The SMILES string of the molecule is CCCCCC(OS(=O)(=O)C(F)(F)F)C(C)OS(=O)(=O)C(F)(F)F. The largest absolute Gasteiger partial charge is 0.523 e. The molecule has 0 radical (unpaired) electrons. The van der Waals surface area contributed by atoms with Gasteiger partial charge < -0.3 is 0 Å². The molecule has 0 spiro atoms. The Morgan fingerprint density at radius 2 is 1.25 bits per heavy atom. The number of alkyl halides is 6. The molecule has 0 saturated carbocycles. The van der Waals surface area contributed by atoms with Gasteiger partial charge in [0.15, 0.2) is 0 Å². The molecule has 0 aliphatic carbocycles. The standard InChI is InChI=1S/C10H16F6O6S2/c1-3-4-5-6-8(22-24(19,20)10(14,15)16)7(2)21-23(17,18)9(11,12)13/h7-8H,3-6H2,1-2H3. The molecule has 6 nitrogen and oxygen atoms in total. The first kappa shape index (κ1) is 23.4. The summed E-state index contributed by atoms with van der Waals surface area (Å²) >= 11 is 0. The molecule has 2 atom stereocenters. The lowest BCUT2D eigenvalue weighted by Gasteiger charge is -2.24. The molecule has 14 heteroatoms. The maximum atomic E-state index is 12.3. The Bertz CT molecular complexity index is 594. The average molecular weight is 410 g/mol. The van der Waals surface area contributed by atoms with Gasteiger partial charge in [0.25, 0.3) is 0 Å². The smallest absolute Gasteiger partial charge is 0.257 e. The molecule has 0 aromatic heterocycles. The van der Waals surface area contributed by atoms with E-state index in [1.54, 1.807) is 6.92 Å². The van der Waals surface area contributed by atoms with E-state index >= 15 is 0 Å². The highest BCUT2D eigenvalue weighted by Gasteiger charge is 2.51. The molecule has 0 aromatic carbocycles. The quantitative estimate of drug-likeness (QED) is 0.251. The molecule has 0 rings (SSSR count). The van der Waals surface area contributed by atoms with Gasteiger partial charge in [-0.05, 0) is 13.3 Å². The van der Waals surface area contributed by atoms with Crippen molar-refractivity contribution in [1.82, 2.24) is 0 Å². The van der Waals surface area contributed by atoms with Crippen LogP contribution in [0, 0.1) is 0 Å². The summed E-state index contributed by atoms with van der Waals surface area (Å²) in [7, 11) is -12.2. The van der Waals surface area contributed by atoms with Crippen LogP contribution in [0.15, 0.2) is 0 Å². The van der Waals surface area contributed by atoms with Crippen LogP contribution in [0.1, 0.15) is 39.5 Å². The molecule has 0 amide bonds. The van der Waals surface area contributed by atoms with Gasteiger partial charge >= 0.3 is 31.3 Å². The van der Waals surface area contributed by atoms with Gasteiger partial charge in [0.2, 0.25) is 0 Å². The minimum Gasteiger partial charge on any atom is -0.257 e. The Morgan fingerprint density at radius 1 is 0.833 bits per heavy atom. The summed E-state index contributed by atoms with van der Waals surface area (Å²) < 4.78 is 125. The number of hydrogen-bond acceptors (Lipinski definition) is 6. The van der Waals surface area contributed by atoms with Crippen LogP contribution in [0.3, 0.4) is 0 Å². The zero-order valence-corrected chi connectivity index (χ0v) is 14.1. The van der Waals surface area contributed by atoms with Crippen molar-refractivity contribution in [2.45, 2.75) is 62.8 Å².